The van der Waals surface area contributed by atoms with Crippen LogP contribution < -0.4 is 5.48 Å². The van der Waals surface area contributed by atoms with Crippen LogP contribution in [0.5, 0.6) is 0 Å². The lowest BCUT2D eigenvalue weighted by Crippen LogP contribution is -2.26. The molecular weight excluding hydrogens is 210 g/mol. The molecule has 8 heteroatoms. The van der Waals surface area contributed by atoms with E-state index in [4.69, 9.17) is 0 Å². The van der Waals surface area contributed by atoms with Crippen molar-refractivity contribution < 1.29 is 22.3 Å². The molecule has 0 aromatic rings. The third-order valence-electron chi connectivity index (χ3n) is 0.665. The third-order valence-corrected chi connectivity index (χ3v) is 1.14. The minimum Gasteiger partial charge on any atom is -0.299 e. The van der Waals surface area contributed by atoms with Crippen molar-refractivity contribution in [1.82, 2.24) is 5.48 Å². The Balaban J connectivity index is 3.81. The molecular formula is C4H6ClNO5S. The standard InChI is InChI=1S/C4H6ClNO5S/c1-3(7)2-4(8)6-11-12(5,9)10/h2H2,1H3,(H,6,8). The van der Waals surface area contributed by atoms with Crippen molar-refractivity contribution in [2.24, 2.45) is 0 Å². The van der Waals surface area contributed by atoms with Crippen molar-refractivity contribution in [1.29, 1.82) is 0 Å². The number of ketones is 1. The number of hydrogen-bond donors (Lipinski definition) is 1. The molecule has 0 aromatic heterocycles. The lowest BCUT2D eigenvalue weighted by atomic mass is 10.3. The molecule has 0 aliphatic heterocycles. The Hall–Kier alpha value is -0.660. The van der Waals surface area contributed by atoms with Crippen LogP contribution in [0.3, 0.4) is 0 Å². The van der Waals surface area contributed by atoms with Gasteiger partial charge in [-0.3, -0.25) is 9.59 Å². The van der Waals surface area contributed by atoms with Crippen LogP contribution in [0.25, 0.3) is 0 Å². The highest BCUT2D eigenvalue weighted by Crippen LogP contribution is 1.95. The van der Waals surface area contributed by atoms with Crippen molar-refractivity contribution in [3.8, 4) is 0 Å². The Morgan fingerprint density at radius 3 is 2.33 bits per heavy atom. The summed E-state index contributed by atoms with van der Waals surface area (Å²) in [6.07, 6.45) is -0.452. The quantitative estimate of drug-likeness (QED) is 0.388. The predicted octanol–water partition coefficient (Wildman–Crippen LogP) is -0.503. The maximum absolute atomic E-state index is 10.5. The molecule has 0 atom stereocenters. The highest BCUT2D eigenvalue weighted by molar-refractivity contribution is 8.09. The van der Waals surface area contributed by atoms with Crippen LogP contribution in [0, 0.1) is 0 Å². The van der Waals surface area contributed by atoms with Gasteiger partial charge in [0.05, 0.1) is 17.1 Å². The number of hydrogen-bond acceptors (Lipinski definition) is 5. The monoisotopic (exact) mass is 215 g/mol. The highest BCUT2D eigenvalue weighted by atomic mass is 35.7. The first-order chi connectivity index (χ1) is 5.31. The zero-order valence-corrected chi connectivity index (χ0v) is 7.61. The fourth-order valence-electron chi connectivity index (χ4n) is 0.358. The van der Waals surface area contributed by atoms with Gasteiger partial charge in [0.25, 0.3) is 5.91 Å². The lowest BCUT2D eigenvalue weighted by Gasteiger charge is -1.98. The van der Waals surface area contributed by atoms with E-state index in [0.717, 1.165) is 0 Å². The molecule has 1 N–H and O–H groups in total. The van der Waals surface area contributed by atoms with E-state index in [-0.39, 0.29) is 0 Å². The zero-order valence-electron chi connectivity index (χ0n) is 6.03. The average molecular weight is 216 g/mol. The number of carbonyl (C=O) groups excluding carboxylic acids is 2. The first-order valence-electron chi connectivity index (χ1n) is 2.72. The molecule has 0 aliphatic carbocycles. The van der Waals surface area contributed by atoms with E-state index in [2.05, 4.69) is 15.0 Å². The molecule has 0 unspecified atom stereocenters. The van der Waals surface area contributed by atoms with Gasteiger partial charge in [0.15, 0.2) is 0 Å². The average Bonchev–Trinajstić information content (AvgIpc) is 1.80. The second-order valence-corrected chi connectivity index (χ2v) is 3.97. The molecule has 70 valence electrons. The van der Waals surface area contributed by atoms with E-state index in [0.29, 0.717) is 0 Å². The number of rotatable bonds is 4. The summed E-state index contributed by atoms with van der Waals surface area (Å²) in [6, 6.07) is 0. The summed E-state index contributed by atoms with van der Waals surface area (Å²) in [5, 5.41) is 0. The van der Waals surface area contributed by atoms with Crippen molar-refractivity contribution in [2.45, 2.75) is 13.3 Å². The van der Waals surface area contributed by atoms with Gasteiger partial charge in [-0.05, 0) is 6.92 Å². The summed E-state index contributed by atoms with van der Waals surface area (Å²) in [4.78, 5) is 20.8. The SMILES string of the molecule is CC(=O)CC(=O)NOS(=O)(=O)Cl. The summed E-state index contributed by atoms with van der Waals surface area (Å²) in [7, 11) is 0.338. The molecule has 0 aliphatic rings. The maximum atomic E-state index is 10.5. The molecule has 6 nitrogen and oxygen atoms in total. The van der Waals surface area contributed by atoms with Crippen LogP contribution in [-0.2, 0) is 23.2 Å². The molecule has 0 spiro atoms. The number of halogens is 1. The number of hydroxylamine groups is 1. The van der Waals surface area contributed by atoms with Gasteiger partial charge in [-0.1, -0.05) is 0 Å². The van der Waals surface area contributed by atoms with Gasteiger partial charge in [-0.15, -0.1) is 4.28 Å². The highest BCUT2D eigenvalue weighted by Gasteiger charge is 2.10. The molecule has 0 heterocycles. The minimum absolute atomic E-state index is 0.414. The number of carbonyl (C=O) groups is 2. The van der Waals surface area contributed by atoms with E-state index >= 15 is 0 Å². The van der Waals surface area contributed by atoms with Gasteiger partial charge in [-0.2, -0.15) is 8.42 Å². The van der Waals surface area contributed by atoms with Gasteiger partial charge < -0.3 is 0 Å². The molecule has 0 saturated heterocycles. The van der Waals surface area contributed by atoms with Crippen LogP contribution in [0.1, 0.15) is 13.3 Å². The number of nitrogens with one attached hydrogen (secondary N) is 1. The Bertz CT molecular complexity index is 284. The predicted molar refractivity (Wildman–Crippen MR) is 39.3 cm³/mol. The van der Waals surface area contributed by atoms with E-state index in [1.165, 1.54) is 12.4 Å². The summed E-state index contributed by atoms with van der Waals surface area (Å²) < 4.78 is 23.8. The van der Waals surface area contributed by atoms with Crippen LogP contribution in [-0.4, -0.2) is 20.1 Å². The van der Waals surface area contributed by atoms with Crippen LogP contribution in [0.15, 0.2) is 0 Å². The molecule has 1 amide bonds. The fourth-order valence-corrected chi connectivity index (χ4v) is 0.645. The van der Waals surface area contributed by atoms with Crippen LogP contribution in [0.2, 0.25) is 0 Å². The van der Waals surface area contributed by atoms with Gasteiger partial charge in [0, 0.05) is 0 Å². The summed E-state index contributed by atoms with van der Waals surface area (Å²) >= 11 is 0. The molecule has 0 rings (SSSR count). The minimum atomic E-state index is -4.23. The molecule has 0 aromatic carbocycles. The molecule has 0 bridgehead atoms. The van der Waals surface area contributed by atoms with Crippen molar-refractivity contribution in [3.05, 3.63) is 0 Å². The summed E-state index contributed by atoms with van der Waals surface area (Å²) in [6.45, 7) is 1.18. The Kier molecular flexibility index (Phi) is 4.15. The number of Topliss-reactive ketones (excluding diaryl/α,β-unsaturated/α-hetero) is 1. The second kappa shape index (κ2) is 4.39. The first kappa shape index (κ1) is 11.3. The lowest BCUT2D eigenvalue weighted by molar-refractivity contribution is -0.131. The largest absolute Gasteiger partial charge is 0.376 e. The Morgan fingerprint density at radius 2 is 2.00 bits per heavy atom. The maximum Gasteiger partial charge on any atom is 0.376 e. The second-order valence-electron chi connectivity index (χ2n) is 1.88. The normalized spacial score (nSPS) is 10.8. The Labute approximate surface area is 73.4 Å². The van der Waals surface area contributed by atoms with E-state index < -0.39 is 27.4 Å². The van der Waals surface area contributed by atoms with Crippen molar-refractivity contribution in [2.75, 3.05) is 0 Å². The molecule has 0 radical (unpaired) electrons. The summed E-state index contributed by atoms with van der Waals surface area (Å²) in [5.41, 5.74) is 1.47. The van der Waals surface area contributed by atoms with E-state index in [1.54, 1.807) is 0 Å². The third kappa shape index (κ3) is 7.45. The van der Waals surface area contributed by atoms with E-state index in [1.807, 2.05) is 0 Å². The molecule has 12 heavy (non-hydrogen) atoms. The van der Waals surface area contributed by atoms with Gasteiger partial charge >= 0.3 is 9.33 Å². The topological polar surface area (TPSA) is 89.5 Å². The molecule has 0 fully saturated rings. The van der Waals surface area contributed by atoms with Gasteiger partial charge in [-0.25, -0.2) is 5.48 Å². The zero-order chi connectivity index (χ0) is 9.78. The fraction of sp³-hybridized carbons (Fsp3) is 0.500. The van der Waals surface area contributed by atoms with Gasteiger partial charge in [0.2, 0.25) is 0 Å². The smallest absolute Gasteiger partial charge is 0.299 e. The Morgan fingerprint density at radius 1 is 1.50 bits per heavy atom. The van der Waals surface area contributed by atoms with Crippen molar-refractivity contribution in [3.63, 3.8) is 0 Å². The summed E-state index contributed by atoms with van der Waals surface area (Å²) in [5.74, 6) is -1.28. The molecule has 0 saturated carbocycles. The van der Waals surface area contributed by atoms with Crippen LogP contribution in [0.4, 0.5) is 0 Å². The van der Waals surface area contributed by atoms with Crippen molar-refractivity contribution >= 4 is 31.7 Å². The number of amides is 1. The van der Waals surface area contributed by atoms with E-state index in [9.17, 15) is 18.0 Å². The van der Waals surface area contributed by atoms with Gasteiger partial charge in [0.1, 0.15) is 5.78 Å². The van der Waals surface area contributed by atoms with Crippen LogP contribution >= 0.6 is 10.7 Å². The first-order valence-corrected chi connectivity index (χ1v) is 4.96.